The molecule has 0 heterocycles. The molecule has 1 aliphatic rings. The van der Waals surface area contributed by atoms with E-state index in [9.17, 15) is 13.2 Å². The highest BCUT2D eigenvalue weighted by molar-refractivity contribution is 7.90. The van der Waals surface area contributed by atoms with Crippen molar-refractivity contribution in [3.8, 4) is 0 Å². The van der Waals surface area contributed by atoms with Gasteiger partial charge in [-0.1, -0.05) is 0 Å². The van der Waals surface area contributed by atoms with Crippen molar-refractivity contribution in [1.82, 2.24) is 4.72 Å². The van der Waals surface area contributed by atoms with Crippen molar-refractivity contribution in [2.75, 3.05) is 7.11 Å². The van der Waals surface area contributed by atoms with Crippen LogP contribution in [0.25, 0.3) is 0 Å². The van der Waals surface area contributed by atoms with Crippen LogP contribution in [0.5, 0.6) is 0 Å². The van der Waals surface area contributed by atoms with Gasteiger partial charge < -0.3 is 10.5 Å². The van der Waals surface area contributed by atoms with Gasteiger partial charge in [-0.05, 0) is 13.3 Å². The SMILES string of the molecule is COC(=O)C(C)S(=O)(=O)NC1CC1N. The van der Waals surface area contributed by atoms with Crippen LogP contribution in [0, 0.1) is 0 Å². The fourth-order valence-corrected chi connectivity index (χ4v) is 2.20. The van der Waals surface area contributed by atoms with E-state index in [1.165, 1.54) is 6.92 Å². The minimum absolute atomic E-state index is 0.130. The number of nitrogens with two attached hydrogens (primary N) is 1. The zero-order chi connectivity index (χ0) is 10.9. The third-order valence-electron chi connectivity index (χ3n) is 2.15. The molecule has 0 amide bonds. The van der Waals surface area contributed by atoms with Crippen LogP contribution < -0.4 is 10.5 Å². The third kappa shape index (κ3) is 2.43. The van der Waals surface area contributed by atoms with E-state index >= 15 is 0 Å². The Labute approximate surface area is 82.8 Å². The maximum absolute atomic E-state index is 11.5. The molecule has 1 fully saturated rings. The van der Waals surface area contributed by atoms with E-state index < -0.39 is 21.2 Å². The van der Waals surface area contributed by atoms with Crippen molar-refractivity contribution in [3.05, 3.63) is 0 Å². The molecule has 0 aliphatic heterocycles. The fourth-order valence-electron chi connectivity index (χ4n) is 0.956. The number of carbonyl (C=O) groups excluding carboxylic acids is 1. The molecule has 7 heteroatoms. The van der Waals surface area contributed by atoms with Gasteiger partial charge in [-0.25, -0.2) is 13.1 Å². The Bertz CT molecular complexity index is 327. The van der Waals surface area contributed by atoms with E-state index in [0.717, 1.165) is 7.11 Å². The maximum atomic E-state index is 11.5. The van der Waals surface area contributed by atoms with Gasteiger partial charge in [-0.2, -0.15) is 0 Å². The van der Waals surface area contributed by atoms with Crippen LogP contribution in [0.3, 0.4) is 0 Å². The minimum atomic E-state index is -3.65. The second-order valence-electron chi connectivity index (χ2n) is 3.33. The number of rotatable bonds is 4. The van der Waals surface area contributed by atoms with Crippen LogP contribution in [-0.2, 0) is 19.6 Å². The summed E-state index contributed by atoms with van der Waals surface area (Å²) in [6, 6.07) is -0.360. The summed E-state index contributed by atoms with van der Waals surface area (Å²) in [5, 5.41) is -1.19. The third-order valence-corrected chi connectivity index (χ3v) is 3.91. The van der Waals surface area contributed by atoms with Gasteiger partial charge in [0.25, 0.3) is 0 Å². The quantitative estimate of drug-likeness (QED) is 0.568. The summed E-state index contributed by atoms with van der Waals surface area (Å²) in [5.41, 5.74) is 5.44. The summed E-state index contributed by atoms with van der Waals surface area (Å²) in [7, 11) is -2.50. The van der Waals surface area contributed by atoms with Gasteiger partial charge in [0.2, 0.25) is 10.0 Å². The molecule has 0 radical (unpaired) electrons. The minimum Gasteiger partial charge on any atom is -0.468 e. The van der Waals surface area contributed by atoms with E-state index in [2.05, 4.69) is 9.46 Å². The van der Waals surface area contributed by atoms with Crippen molar-refractivity contribution >= 4 is 16.0 Å². The first-order valence-corrected chi connectivity index (χ1v) is 5.77. The molecular formula is C7H14N2O4S. The largest absolute Gasteiger partial charge is 0.468 e. The molecule has 0 aromatic rings. The lowest BCUT2D eigenvalue weighted by Gasteiger charge is -2.11. The molecule has 1 aliphatic carbocycles. The van der Waals surface area contributed by atoms with E-state index in [4.69, 9.17) is 5.73 Å². The Hall–Kier alpha value is -0.660. The fraction of sp³-hybridized carbons (Fsp3) is 0.857. The second-order valence-corrected chi connectivity index (χ2v) is 5.37. The highest BCUT2D eigenvalue weighted by Gasteiger charge is 2.40. The van der Waals surface area contributed by atoms with Crippen molar-refractivity contribution < 1.29 is 17.9 Å². The number of nitrogens with one attached hydrogen (secondary N) is 1. The molecule has 0 saturated heterocycles. The Morgan fingerprint density at radius 1 is 1.64 bits per heavy atom. The van der Waals surface area contributed by atoms with Gasteiger partial charge in [0.1, 0.15) is 0 Å². The molecule has 0 aromatic heterocycles. The lowest BCUT2D eigenvalue weighted by atomic mass is 10.5. The molecular weight excluding hydrogens is 208 g/mol. The smallest absolute Gasteiger partial charge is 0.325 e. The number of carbonyl (C=O) groups is 1. The molecule has 3 atom stereocenters. The van der Waals surface area contributed by atoms with E-state index in [-0.39, 0.29) is 12.1 Å². The molecule has 3 unspecified atom stereocenters. The molecule has 6 nitrogen and oxygen atoms in total. The van der Waals surface area contributed by atoms with Gasteiger partial charge in [0, 0.05) is 12.1 Å². The number of methoxy groups -OCH3 is 1. The molecule has 1 rings (SSSR count). The monoisotopic (exact) mass is 222 g/mol. The number of hydrogen-bond donors (Lipinski definition) is 2. The zero-order valence-corrected chi connectivity index (χ0v) is 8.87. The van der Waals surface area contributed by atoms with Crippen molar-refractivity contribution in [2.45, 2.75) is 30.7 Å². The standard InChI is InChI=1S/C7H14N2O4S/c1-4(7(10)13-2)14(11,12)9-6-3-5(6)8/h4-6,9H,3,8H2,1-2H3. The Kier molecular flexibility index (Phi) is 3.13. The number of esters is 1. The average molecular weight is 222 g/mol. The zero-order valence-electron chi connectivity index (χ0n) is 8.06. The first-order chi connectivity index (χ1) is 6.38. The van der Waals surface area contributed by atoms with Crippen molar-refractivity contribution in [2.24, 2.45) is 5.73 Å². The molecule has 82 valence electrons. The Morgan fingerprint density at radius 3 is 2.50 bits per heavy atom. The average Bonchev–Trinajstić information content (AvgIpc) is 2.78. The van der Waals surface area contributed by atoms with Crippen LogP contribution in [0.2, 0.25) is 0 Å². The predicted molar refractivity (Wildman–Crippen MR) is 49.9 cm³/mol. The van der Waals surface area contributed by atoms with Gasteiger partial charge in [0.05, 0.1) is 7.11 Å². The summed E-state index contributed by atoms with van der Waals surface area (Å²) in [5.74, 6) is -0.772. The second kappa shape index (κ2) is 3.84. The van der Waals surface area contributed by atoms with E-state index in [1.54, 1.807) is 0 Å². The van der Waals surface area contributed by atoms with Crippen LogP contribution in [0.4, 0.5) is 0 Å². The highest BCUT2D eigenvalue weighted by atomic mass is 32.2. The lowest BCUT2D eigenvalue weighted by Crippen LogP contribution is -2.40. The van der Waals surface area contributed by atoms with Crippen LogP contribution in [0.1, 0.15) is 13.3 Å². The number of hydrogen-bond acceptors (Lipinski definition) is 5. The Morgan fingerprint density at radius 2 is 2.14 bits per heavy atom. The lowest BCUT2D eigenvalue weighted by molar-refractivity contribution is -0.139. The van der Waals surface area contributed by atoms with Gasteiger partial charge in [0.15, 0.2) is 5.25 Å². The van der Waals surface area contributed by atoms with Crippen LogP contribution >= 0.6 is 0 Å². The summed E-state index contributed by atoms with van der Waals surface area (Å²) in [4.78, 5) is 11.0. The summed E-state index contributed by atoms with van der Waals surface area (Å²) < 4.78 is 29.6. The maximum Gasteiger partial charge on any atom is 0.325 e. The van der Waals surface area contributed by atoms with E-state index in [1.807, 2.05) is 0 Å². The number of sulfonamides is 1. The number of ether oxygens (including phenoxy) is 1. The van der Waals surface area contributed by atoms with Gasteiger partial charge in [-0.3, -0.25) is 4.79 Å². The molecule has 0 aromatic carbocycles. The molecule has 1 saturated carbocycles. The molecule has 3 N–H and O–H groups in total. The topological polar surface area (TPSA) is 98.5 Å². The predicted octanol–water partition coefficient (Wildman–Crippen LogP) is -1.43. The molecule has 14 heavy (non-hydrogen) atoms. The first-order valence-electron chi connectivity index (χ1n) is 4.23. The normalized spacial score (nSPS) is 28.2. The van der Waals surface area contributed by atoms with Crippen molar-refractivity contribution in [3.63, 3.8) is 0 Å². The summed E-state index contributed by atoms with van der Waals surface area (Å²) >= 11 is 0. The van der Waals surface area contributed by atoms with Crippen LogP contribution in [-0.4, -0.2) is 38.8 Å². The van der Waals surface area contributed by atoms with Gasteiger partial charge >= 0.3 is 5.97 Å². The summed E-state index contributed by atoms with van der Waals surface area (Å²) in [6.45, 7) is 1.28. The molecule has 0 spiro atoms. The van der Waals surface area contributed by atoms with Crippen molar-refractivity contribution in [1.29, 1.82) is 0 Å². The highest BCUT2D eigenvalue weighted by Crippen LogP contribution is 2.19. The first kappa shape index (κ1) is 11.4. The van der Waals surface area contributed by atoms with Crippen LogP contribution in [0.15, 0.2) is 0 Å². The van der Waals surface area contributed by atoms with E-state index in [0.29, 0.717) is 6.42 Å². The van der Waals surface area contributed by atoms with Gasteiger partial charge in [-0.15, -0.1) is 0 Å². The summed E-state index contributed by atoms with van der Waals surface area (Å²) in [6.07, 6.45) is 0.618. The Balaban J connectivity index is 2.60. The molecule has 0 bridgehead atoms.